The Bertz CT molecular complexity index is 1010. The number of benzene rings is 2. The van der Waals surface area contributed by atoms with Crippen LogP contribution in [0.3, 0.4) is 0 Å². The minimum Gasteiger partial charge on any atom is -0.465 e. The summed E-state index contributed by atoms with van der Waals surface area (Å²) in [6.45, 7) is 1.60. The lowest BCUT2D eigenvalue weighted by atomic mass is 9.84. The van der Waals surface area contributed by atoms with Crippen molar-refractivity contribution in [3.05, 3.63) is 65.2 Å². The molecule has 1 aliphatic heterocycles. The van der Waals surface area contributed by atoms with E-state index in [4.69, 9.17) is 18.9 Å². The van der Waals surface area contributed by atoms with Crippen LogP contribution < -0.4 is 4.74 Å². The lowest BCUT2D eigenvalue weighted by Gasteiger charge is -2.40. The molecule has 2 aromatic carbocycles. The monoisotopic (exact) mass is 436 g/mol. The highest BCUT2D eigenvalue weighted by molar-refractivity contribution is 6.00. The smallest absolute Gasteiger partial charge is 0.432 e. The number of alkyl halides is 3. The van der Waals surface area contributed by atoms with Gasteiger partial charge in [-0.15, -0.1) is 0 Å². The number of methoxy groups -OCH3 is 1. The third-order valence-corrected chi connectivity index (χ3v) is 5.44. The summed E-state index contributed by atoms with van der Waals surface area (Å²) in [5, 5.41) is 0. The predicted molar refractivity (Wildman–Crippen MR) is 100 cm³/mol. The number of ether oxygens (including phenoxy) is 4. The first-order chi connectivity index (χ1) is 14.7. The average Bonchev–Trinajstić information content (AvgIpc) is 2.72. The van der Waals surface area contributed by atoms with Crippen LogP contribution in [0.1, 0.15) is 40.9 Å². The number of carbonyl (C=O) groups excluding carboxylic acids is 2. The SMILES string of the molecule is CO[C@](C(=O)O[C@H]1CC(=O)c2cccc3c2[C@@H]1O[C@@H](C)O3)(c1ccccc1)C(F)(F)F. The summed E-state index contributed by atoms with van der Waals surface area (Å²) in [6, 6.07) is 11.3. The minimum atomic E-state index is -5.12. The van der Waals surface area contributed by atoms with Gasteiger partial charge in [0.25, 0.3) is 5.60 Å². The highest BCUT2D eigenvalue weighted by Gasteiger charge is 2.64. The van der Waals surface area contributed by atoms with Crippen LogP contribution >= 0.6 is 0 Å². The first kappa shape index (κ1) is 21.3. The van der Waals surface area contributed by atoms with E-state index in [1.165, 1.54) is 18.2 Å². The van der Waals surface area contributed by atoms with E-state index in [-0.39, 0.29) is 12.2 Å². The highest BCUT2D eigenvalue weighted by atomic mass is 19.4. The first-order valence-electron chi connectivity index (χ1n) is 9.55. The fourth-order valence-electron chi connectivity index (χ4n) is 4.05. The van der Waals surface area contributed by atoms with Crippen molar-refractivity contribution >= 4 is 11.8 Å². The molecule has 0 aromatic heterocycles. The number of hydrogen-bond acceptors (Lipinski definition) is 6. The van der Waals surface area contributed by atoms with E-state index in [1.807, 2.05) is 0 Å². The molecule has 0 radical (unpaired) electrons. The summed E-state index contributed by atoms with van der Waals surface area (Å²) >= 11 is 0. The van der Waals surface area contributed by atoms with E-state index < -0.39 is 41.8 Å². The van der Waals surface area contributed by atoms with Crippen LogP contribution in [-0.4, -0.2) is 37.4 Å². The molecule has 4 atom stereocenters. The van der Waals surface area contributed by atoms with Crippen molar-refractivity contribution in [1.82, 2.24) is 0 Å². The molecule has 0 N–H and O–H groups in total. The van der Waals surface area contributed by atoms with Crippen molar-refractivity contribution in [1.29, 1.82) is 0 Å². The van der Waals surface area contributed by atoms with Gasteiger partial charge in [-0.3, -0.25) is 4.79 Å². The molecule has 0 saturated heterocycles. The van der Waals surface area contributed by atoms with Gasteiger partial charge >= 0.3 is 12.1 Å². The fraction of sp³-hybridized carbons (Fsp3) is 0.364. The van der Waals surface area contributed by atoms with Gasteiger partial charge in [-0.1, -0.05) is 42.5 Å². The van der Waals surface area contributed by atoms with Gasteiger partial charge in [0.15, 0.2) is 12.1 Å². The number of esters is 1. The van der Waals surface area contributed by atoms with Gasteiger partial charge in [0, 0.05) is 23.8 Å². The van der Waals surface area contributed by atoms with Crippen LogP contribution in [0.25, 0.3) is 0 Å². The Morgan fingerprint density at radius 1 is 1.10 bits per heavy atom. The molecule has 164 valence electrons. The Morgan fingerprint density at radius 3 is 2.45 bits per heavy atom. The minimum absolute atomic E-state index is 0.327. The third-order valence-electron chi connectivity index (χ3n) is 5.44. The number of Topliss-reactive ketones (excluding diaryl/α,β-unsaturated/α-hetero) is 1. The molecule has 4 rings (SSSR count). The summed E-state index contributed by atoms with van der Waals surface area (Å²) in [7, 11) is 0.786. The van der Waals surface area contributed by atoms with E-state index >= 15 is 0 Å². The molecule has 2 aromatic rings. The van der Waals surface area contributed by atoms with Gasteiger partial charge in [-0.2, -0.15) is 13.2 Å². The van der Waals surface area contributed by atoms with Gasteiger partial charge in [0.2, 0.25) is 0 Å². The molecule has 2 aliphatic rings. The Labute approximate surface area is 175 Å². The third kappa shape index (κ3) is 3.37. The lowest BCUT2D eigenvalue weighted by Crippen LogP contribution is -2.53. The number of rotatable bonds is 4. The summed E-state index contributed by atoms with van der Waals surface area (Å²) < 4.78 is 63.8. The van der Waals surface area contributed by atoms with Crippen LogP contribution in [0.5, 0.6) is 5.75 Å². The van der Waals surface area contributed by atoms with Gasteiger partial charge < -0.3 is 18.9 Å². The molecular weight excluding hydrogens is 417 g/mol. The second kappa shape index (κ2) is 7.65. The molecule has 0 fully saturated rings. The molecule has 31 heavy (non-hydrogen) atoms. The van der Waals surface area contributed by atoms with Gasteiger partial charge in [0.05, 0.1) is 6.42 Å². The summed E-state index contributed by atoms with van der Waals surface area (Å²) in [5.41, 5.74) is -3.09. The summed E-state index contributed by atoms with van der Waals surface area (Å²) in [6.07, 6.45) is -8.42. The van der Waals surface area contributed by atoms with Crippen LogP contribution in [0.4, 0.5) is 13.2 Å². The number of ketones is 1. The maximum Gasteiger partial charge on any atom is 0.432 e. The van der Waals surface area contributed by atoms with E-state index in [0.717, 1.165) is 19.2 Å². The quantitative estimate of drug-likeness (QED) is 0.673. The molecule has 1 aliphatic carbocycles. The average molecular weight is 436 g/mol. The van der Waals surface area contributed by atoms with Gasteiger partial charge in [-0.25, -0.2) is 4.79 Å². The number of hydrogen-bond donors (Lipinski definition) is 0. The Balaban J connectivity index is 1.73. The molecule has 0 saturated carbocycles. The van der Waals surface area contributed by atoms with Crippen molar-refractivity contribution in [2.45, 2.75) is 43.6 Å². The molecule has 0 bridgehead atoms. The topological polar surface area (TPSA) is 71.1 Å². The van der Waals surface area contributed by atoms with Crippen LogP contribution in [0.15, 0.2) is 48.5 Å². The second-order valence-electron chi connectivity index (χ2n) is 7.28. The zero-order chi connectivity index (χ0) is 22.4. The summed E-state index contributed by atoms with van der Waals surface area (Å²) in [5.74, 6) is -1.69. The molecule has 0 spiro atoms. The highest BCUT2D eigenvalue weighted by Crippen LogP contribution is 2.47. The molecular formula is C22H19F3O6. The van der Waals surface area contributed by atoms with Crippen molar-refractivity contribution in [2.24, 2.45) is 0 Å². The normalized spacial score (nSPS) is 24.5. The zero-order valence-corrected chi connectivity index (χ0v) is 16.6. The largest absolute Gasteiger partial charge is 0.465 e. The van der Waals surface area contributed by atoms with E-state index in [0.29, 0.717) is 16.9 Å². The molecule has 6 nitrogen and oxygen atoms in total. The Hall–Kier alpha value is -2.91. The van der Waals surface area contributed by atoms with E-state index in [1.54, 1.807) is 25.1 Å². The summed E-state index contributed by atoms with van der Waals surface area (Å²) in [4.78, 5) is 25.6. The van der Waals surface area contributed by atoms with Crippen molar-refractivity contribution in [3.8, 4) is 5.75 Å². The number of carbonyl (C=O) groups is 2. The van der Waals surface area contributed by atoms with Gasteiger partial charge in [0.1, 0.15) is 18.0 Å². The maximum absolute atomic E-state index is 14.2. The van der Waals surface area contributed by atoms with Crippen LogP contribution in [-0.2, 0) is 24.6 Å². The fourth-order valence-corrected chi connectivity index (χ4v) is 4.05. The zero-order valence-electron chi connectivity index (χ0n) is 16.6. The molecule has 9 heteroatoms. The van der Waals surface area contributed by atoms with Crippen LogP contribution in [0, 0.1) is 0 Å². The van der Waals surface area contributed by atoms with Crippen LogP contribution in [0.2, 0.25) is 0 Å². The molecule has 0 amide bonds. The van der Waals surface area contributed by atoms with E-state index in [2.05, 4.69) is 0 Å². The predicted octanol–water partition coefficient (Wildman–Crippen LogP) is 4.09. The van der Waals surface area contributed by atoms with Crippen molar-refractivity contribution < 1.29 is 41.7 Å². The second-order valence-corrected chi connectivity index (χ2v) is 7.28. The molecule has 1 heterocycles. The maximum atomic E-state index is 14.2. The molecule has 0 unspecified atom stereocenters. The number of halogens is 3. The first-order valence-corrected chi connectivity index (χ1v) is 9.55. The van der Waals surface area contributed by atoms with Crippen molar-refractivity contribution in [2.75, 3.05) is 7.11 Å². The Kier molecular flexibility index (Phi) is 5.26. The Morgan fingerprint density at radius 2 is 1.81 bits per heavy atom. The standard InChI is InChI=1S/C22H19F3O6/c1-12-29-16-10-6-9-14-15(26)11-17(19(30-12)18(14)16)31-20(27)21(28-2,22(23,24)25)13-7-4-3-5-8-13/h3-10,12,17,19H,11H2,1-2H3/t12-,17-,19+,21-/m0/s1. The van der Waals surface area contributed by atoms with E-state index in [9.17, 15) is 22.8 Å². The van der Waals surface area contributed by atoms with Crippen molar-refractivity contribution in [3.63, 3.8) is 0 Å². The lowest BCUT2D eigenvalue weighted by molar-refractivity contribution is -0.281. The van der Waals surface area contributed by atoms with Gasteiger partial charge in [-0.05, 0) is 13.0 Å².